The summed E-state index contributed by atoms with van der Waals surface area (Å²) < 4.78 is 24.6. The van der Waals surface area contributed by atoms with Gasteiger partial charge < -0.3 is 24.3 Å². The van der Waals surface area contributed by atoms with Crippen LogP contribution in [0.15, 0.2) is 30.3 Å². The van der Waals surface area contributed by atoms with Crippen molar-refractivity contribution in [1.29, 1.82) is 0 Å². The average Bonchev–Trinajstić information content (AvgIpc) is 3.42. The molecule has 3 heterocycles. The van der Waals surface area contributed by atoms with Crippen molar-refractivity contribution in [3.05, 3.63) is 47.2 Å². The first-order chi connectivity index (χ1) is 16.5. The normalized spacial score (nSPS) is 15.1. The lowest BCUT2D eigenvalue weighted by molar-refractivity contribution is -0.116. The summed E-state index contributed by atoms with van der Waals surface area (Å²) in [6.07, 6.45) is 0.252. The van der Waals surface area contributed by atoms with Crippen molar-refractivity contribution < 1.29 is 23.7 Å². The van der Waals surface area contributed by atoms with Crippen LogP contribution in [0.3, 0.4) is 0 Å². The van der Waals surface area contributed by atoms with Gasteiger partial charge in [-0.3, -0.25) is 4.79 Å². The summed E-state index contributed by atoms with van der Waals surface area (Å²) in [6.45, 7) is 1.93. The Labute approximate surface area is 200 Å². The zero-order chi connectivity index (χ0) is 24.0. The fourth-order valence-electron chi connectivity index (χ4n) is 4.39. The maximum Gasteiger partial charge on any atom is 0.226 e. The predicted octanol–water partition coefficient (Wildman–Crippen LogP) is 4.30. The molecule has 5 rings (SSSR count). The van der Waals surface area contributed by atoms with Crippen molar-refractivity contribution in [1.82, 2.24) is 14.8 Å². The van der Waals surface area contributed by atoms with Gasteiger partial charge in [0, 0.05) is 29.5 Å². The number of benzene rings is 2. The Hall–Kier alpha value is -3.79. The van der Waals surface area contributed by atoms with Gasteiger partial charge in [-0.05, 0) is 31.2 Å². The Bertz CT molecular complexity index is 1410. The molecule has 0 aliphatic carbocycles. The molecule has 0 radical (unpaired) electrons. The van der Waals surface area contributed by atoms with Gasteiger partial charge in [0.05, 0.1) is 44.3 Å². The third-order valence-electron chi connectivity index (χ3n) is 5.98. The molecule has 2 aromatic heterocycles. The Morgan fingerprint density at radius 1 is 1.00 bits per heavy atom. The highest BCUT2D eigenvalue weighted by molar-refractivity contribution is 7.20. The van der Waals surface area contributed by atoms with Crippen molar-refractivity contribution >= 4 is 33.3 Å². The van der Waals surface area contributed by atoms with Crippen LogP contribution in [0, 0.1) is 6.92 Å². The van der Waals surface area contributed by atoms with E-state index in [9.17, 15) is 4.79 Å². The molecule has 1 N–H and O–H groups in total. The highest BCUT2D eigenvalue weighted by atomic mass is 32.1. The fourth-order valence-corrected chi connectivity index (χ4v) is 5.34. The highest BCUT2D eigenvalue weighted by Gasteiger charge is 2.35. The van der Waals surface area contributed by atoms with Gasteiger partial charge in [-0.25, -0.2) is 4.98 Å². The summed E-state index contributed by atoms with van der Waals surface area (Å²) in [4.78, 5) is 17.6. The monoisotopic (exact) mass is 480 g/mol. The van der Waals surface area contributed by atoms with E-state index >= 15 is 0 Å². The summed E-state index contributed by atoms with van der Waals surface area (Å²) in [5.74, 6) is 2.72. The van der Waals surface area contributed by atoms with Crippen molar-refractivity contribution in [3.8, 4) is 28.1 Å². The van der Waals surface area contributed by atoms with Crippen molar-refractivity contribution in [2.45, 2.75) is 19.3 Å². The zero-order valence-corrected chi connectivity index (χ0v) is 20.3. The van der Waals surface area contributed by atoms with E-state index in [1.165, 1.54) is 11.3 Å². The first-order valence-electron chi connectivity index (χ1n) is 10.6. The molecular weight excluding hydrogens is 456 g/mol. The van der Waals surface area contributed by atoms with Gasteiger partial charge in [0.15, 0.2) is 11.5 Å². The molecule has 1 amide bonds. The molecular formula is C24H24N4O5S. The van der Waals surface area contributed by atoms with Crippen LogP contribution in [0.2, 0.25) is 0 Å². The Morgan fingerprint density at radius 3 is 2.44 bits per heavy atom. The van der Waals surface area contributed by atoms with Crippen LogP contribution in [0.5, 0.6) is 23.0 Å². The standard InChI is InChI=1S/C24H24N4O5S/c1-12-22-15(14-9-18(32-4)19(33-5)11-17(14)31-3)10-21(29)26-23(22)28(27-12)24-25-16-7-6-13(30-2)8-20(16)34-24/h6-9,11,15H,10H2,1-5H3,(H,26,29). The molecule has 34 heavy (non-hydrogen) atoms. The number of fused-ring (bicyclic) bond motifs is 2. The third-order valence-corrected chi connectivity index (χ3v) is 6.97. The second-order valence-corrected chi connectivity index (χ2v) is 8.85. The lowest BCUT2D eigenvalue weighted by atomic mass is 9.85. The molecule has 1 atom stereocenters. The number of methoxy groups -OCH3 is 4. The lowest BCUT2D eigenvalue weighted by Crippen LogP contribution is -2.25. The first-order valence-corrected chi connectivity index (χ1v) is 11.4. The zero-order valence-electron chi connectivity index (χ0n) is 19.5. The number of ether oxygens (including phenoxy) is 4. The number of nitrogens with zero attached hydrogens (tertiary/aromatic N) is 3. The van der Waals surface area contributed by atoms with E-state index in [-0.39, 0.29) is 18.2 Å². The summed E-state index contributed by atoms with van der Waals surface area (Å²) >= 11 is 1.48. The number of rotatable bonds is 6. The quantitative estimate of drug-likeness (QED) is 0.439. The SMILES string of the molecule is COc1ccc2nc(-n3nc(C)c4c3NC(=O)CC4c3cc(OC)c(OC)cc3OC)sc2c1. The first kappa shape index (κ1) is 22.0. The van der Waals surface area contributed by atoms with Crippen molar-refractivity contribution in [3.63, 3.8) is 0 Å². The number of amides is 1. The molecule has 0 bridgehead atoms. The number of anilines is 1. The molecule has 0 saturated carbocycles. The number of aromatic nitrogens is 3. The second kappa shape index (κ2) is 8.53. The van der Waals surface area contributed by atoms with Gasteiger partial charge in [-0.15, -0.1) is 0 Å². The van der Waals surface area contributed by atoms with Crippen LogP contribution < -0.4 is 24.3 Å². The molecule has 1 aliphatic rings. The van der Waals surface area contributed by atoms with Gasteiger partial charge in [0.25, 0.3) is 0 Å². The number of thiazole rings is 1. The van der Waals surface area contributed by atoms with Gasteiger partial charge in [0.2, 0.25) is 11.0 Å². The molecule has 9 nitrogen and oxygen atoms in total. The second-order valence-electron chi connectivity index (χ2n) is 7.84. The van der Waals surface area contributed by atoms with E-state index in [0.29, 0.717) is 28.2 Å². The molecule has 1 unspecified atom stereocenters. The summed E-state index contributed by atoms with van der Waals surface area (Å²) in [6, 6.07) is 9.37. The smallest absolute Gasteiger partial charge is 0.226 e. The number of hydrogen-bond donors (Lipinski definition) is 1. The van der Waals surface area contributed by atoms with Crippen molar-refractivity contribution in [2.75, 3.05) is 33.8 Å². The van der Waals surface area contributed by atoms with E-state index in [1.54, 1.807) is 39.2 Å². The van der Waals surface area contributed by atoms with Crippen LogP contribution in [-0.2, 0) is 4.79 Å². The fraction of sp³-hybridized carbons (Fsp3) is 0.292. The lowest BCUT2D eigenvalue weighted by Gasteiger charge is -2.26. The van der Waals surface area contributed by atoms with Gasteiger partial charge in [-0.1, -0.05) is 11.3 Å². The predicted molar refractivity (Wildman–Crippen MR) is 129 cm³/mol. The number of carbonyl (C=O) groups is 1. The van der Waals surface area contributed by atoms with E-state index in [1.807, 2.05) is 31.2 Å². The Kier molecular flexibility index (Phi) is 5.52. The van der Waals surface area contributed by atoms with E-state index < -0.39 is 0 Å². The van der Waals surface area contributed by atoms with Crippen LogP contribution in [0.25, 0.3) is 15.3 Å². The third kappa shape index (κ3) is 3.50. The molecule has 4 aromatic rings. The average molecular weight is 481 g/mol. The highest BCUT2D eigenvalue weighted by Crippen LogP contribution is 2.46. The molecule has 2 aromatic carbocycles. The maximum absolute atomic E-state index is 12.9. The number of aryl methyl sites for hydroxylation is 1. The summed E-state index contributed by atoms with van der Waals surface area (Å²) in [5, 5.41) is 8.43. The van der Waals surface area contributed by atoms with Gasteiger partial charge in [0.1, 0.15) is 17.3 Å². The van der Waals surface area contributed by atoms with Crippen molar-refractivity contribution in [2.24, 2.45) is 0 Å². The van der Waals surface area contributed by atoms with Crippen LogP contribution >= 0.6 is 11.3 Å². The Balaban J connectivity index is 1.66. The Morgan fingerprint density at radius 2 is 1.74 bits per heavy atom. The molecule has 10 heteroatoms. The molecule has 0 fully saturated rings. The molecule has 0 spiro atoms. The van der Waals surface area contributed by atoms with E-state index in [0.717, 1.165) is 32.8 Å². The molecule has 0 saturated heterocycles. The number of carbonyl (C=O) groups excluding carboxylic acids is 1. The van der Waals surface area contributed by atoms with Gasteiger partial charge >= 0.3 is 0 Å². The van der Waals surface area contributed by atoms with Crippen LogP contribution in [0.1, 0.15) is 29.2 Å². The van der Waals surface area contributed by atoms with E-state index in [4.69, 9.17) is 29.0 Å². The van der Waals surface area contributed by atoms with Gasteiger partial charge in [-0.2, -0.15) is 9.78 Å². The summed E-state index contributed by atoms with van der Waals surface area (Å²) in [5.41, 5.74) is 3.38. The maximum atomic E-state index is 12.9. The minimum atomic E-state index is -0.276. The molecule has 176 valence electrons. The largest absolute Gasteiger partial charge is 0.497 e. The van der Waals surface area contributed by atoms with E-state index in [2.05, 4.69) is 5.32 Å². The minimum absolute atomic E-state index is 0.113. The van der Waals surface area contributed by atoms with Crippen LogP contribution in [0.4, 0.5) is 5.82 Å². The van der Waals surface area contributed by atoms with Crippen LogP contribution in [-0.4, -0.2) is 49.1 Å². The minimum Gasteiger partial charge on any atom is -0.497 e. The topological polar surface area (TPSA) is 96.7 Å². The number of hydrogen-bond acceptors (Lipinski definition) is 8. The number of nitrogens with one attached hydrogen (secondary N) is 1. The summed E-state index contributed by atoms with van der Waals surface area (Å²) in [7, 11) is 6.39. The molecule has 1 aliphatic heterocycles.